The first-order valence-corrected chi connectivity index (χ1v) is 39.2. The van der Waals surface area contributed by atoms with Crippen molar-refractivity contribution in [3.05, 3.63) is 203 Å². The van der Waals surface area contributed by atoms with E-state index in [4.69, 9.17) is 10.7 Å². The van der Waals surface area contributed by atoms with Gasteiger partial charge < -0.3 is 5.73 Å². The number of nitrogens with two attached hydrogens (primary N) is 1. The number of halogens is 1. The van der Waals surface area contributed by atoms with E-state index in [1.807, 2.05) is 61.8 Å². The molecule has 0 spiro atoms. The van der Waals surface area contributed by atoms with Crippen LogP contribution in [0, 0.1) is 12.7 Å². The van der Waals surface area contributed by atoms with Crippen LogP contribution < -0.4 is 5.73 Å². The number of fused-ring (bicyclic) bond motifs is 1. The summed E-state index contributed by atoms with van der Waals surface area (Å²) in [5.41, 5.74) is 24.8. The Morgan fingerprint density at radius 3 is 0.980 bits per heavy atom. The fraction of sp³-hybridized carbons (Fsp3) is 0.596. The Kier molecular flexibility index (Phi) is 31.1. The Bertz CT molecular complexity index is 3620. The van der Waals surface area contributed by atoms with Gasteiger partial charge in [0.2, 0.25) is 0 Å². The average Bonchev–Trinajstić information content (AvgIpc) is 1.50. The van der Waals surface area contributed by atoms with Crippen molar-refractivity contribution in [2.24, 2.45) is 0 Å². The van der Waals surface area contributed by atoms with Gasteiger partial charge in [-0.1, -0.05) is 338 Å². The van der Waals surface area contributed by atoms with Crippen LogP contribution in [0.15, 0.2) is 115 Å². The molecule has 5 nitrogen and oxygen atoms in total. The Hall–Kier alpha value is -5.57. The molecule has 0 bridgehead atoms. The monoisotopic (exact) mass is 1430 g/mol. The zero-order valence-corrected chi connectivity index (χ0v) is 74.7. The van der Waals surface area contributed by atoms with Crippen molar-refractivity contribution >= 4 is 38.6 Å². The largest absolute Gasteiger partial charge is 0.398 e. The number of rotatable bonds is 1. The molecule has 0 aliphatic carbocycles. The molecule has 8 heteroatoms. The smallest absolute Gasteiger partial charge is 0.127 e. The number of thiazole rings is 1. The van der Waals surface area contributed by atoms with Crippen LogP contribution in [-0.4, -0.2) is 20.2 Å². The summed E-state index contributed by atoms with van der Waals surface area (Å²) in [6, 6.07) is 38.6. The number of anilines is 1. The lowest BCUT2D eigenvalue weighted by atomic mass is 9.80. The molecule has 0 atom stereocenters. The number of aryl methyl sites for hydroxylation is 1. The van der Waals surface area contributed by atoms with Gasteiger partial charge in [-0.2, -0.15) is 10.2 Å². The molecule has 568 valence electrons. The SMILES string of the molecule is CC(C)(C)c1ccc(C(C)(C)C)c(F)c1.CC(C)(C)c1ccc(C(C)(C)C)c(N)c1.CC(C)(C)c1ccc(C(C)(C)C)nn1.CC(C)(C)c1ccc(C(C)(C)C)s1.CC(C)(C)c1ccc2nc(C(C)(C)C)sc2c1.CC(C)c1ccc(C(C)(C)C)cn1.Cc1cc(C(C)(C)C)ccc1C(C)(C)C. The van der Waals surface area contributed by atoms with Gasteiger partial charge in [0.15, 0.2) is 0 Å². The summed E-state index contributed by atoms with van der Waals surface area (Å²) < 4.78 is 15.2. The third-order valence-corrected chi connectivity index (χ3v) is 21.1. The fourth-order valence-electron chi connectivity index (χ4n) is 10.5. The molecule has 0 saturated heterocycles. The molecule has 4 aromatic heterocycles. The van der Waals surface area contributed by atoms with Crippen LogP contribution in [0.5, 0.6) is 0 Å². The maximum atomic E-state index is 13.9. The standard InChI is InChI=1S/C15H21NS.C15H24.C14H21F.C14H23N.C12H20N2.C12H19N.C12H20S/c1-14(2,3)10-7-8-11-12(9-10)17-13(16-11)15(4,5)6;1-11-10-12(14(2,3)4)8-9-13(11)15(5,6)7;2*1-13(2,3)10-7-8-11(12(15)9-10)14(4,5)6;1-11(2,3)9-7-8-10(14-13-9)12(4,5)6;1-9(2)11-7-6-10(8-13-11)12(3,4)5;1-11(2,3)9-7-8-10(13-9)12(4,5)6/h7-9H,1-6H3;8-10H,1-7H3;7-9H,1-6H3;7-9H,15H2,1-6H3;7-8H,1-6H3;6-9H,1-5H3;7-8H,1-6H3. The van der Waals surface area contributed by atoms with Gasteiger partial charge in [-0.25, -0.2) is 9.37 Å². The van der Waals surface area contributed by atoms with Crippen LogP contribution in [0.4, 0.5) is 10.1 Å². The number of hydrogen-bond acceptors (Lipinski definition) is 7. The fourth-order valence-corrected chi connectivity index (χ4v) is 12.6. The van der Waals surface area contributed by atoms with E-state index < -0.39 is 0 Å². The number of benzene rings is 4. The summed E-state index contributed by atoms with van der Waals surface area (Å²) in [5.74, 6) is 0.434. The van der Waals surface area contributed by atoms with Gasteiger partial charge in [0.05, 0.1) is 26.6 Å². The van der Waals surface area contributed by atoms with Gasteiger partial charge in [-0.3, -0.25) is 4.98 Å². The Morgan fingerprint density at radius 2 is 0.686 bits per heavy atom. The van der Waals surface area contributed by atoms with E-state index in [0.717, 1.165) is 33.7 Å². The highest BCUT2D eigenvalue weighted by atomic mass is 32.1. The van der Waals surface area contributed by atoms with E-state index in [0.29, 0.717) is 16.7 Å². The molecule has 102 heavy (non-hydrogen) atoms. The second kappa shape index (κ2) is 34.3. The topological polar surface area (TPSA) is 77.6 Å². The number of aromatic nitrogens is 4. The first-order valence-electron chi connectivity index (χ1n) is 37.5. The molecule has 0 aliphatic rings. The van der Waals surface area contributed by atoms with Gasteiger partial charge in [0, 0.05) is 43.6 Å². The maximum Gasteiger partial charge on any atom is 0.127 e. The van der Waals surface area contributed by atoms with Crippen molar-refractivity contribution in [1.82, 2.24) is 20.2 Å². The summed E-state index contributed by atoms with van der Waals surface area (Å²) in [5, 5.41) is 9.75. The molecule has 0 aliphatic heterocycles. The van der Waals surface area contributed by atoms with E-state index in [1.54, 1.807) is 6.07 Å². The van der Waals surface area contributed by atoms with Crippen LogP contribution in [0.25, 0.3) is 10.2 Å². The van der Waals surface area contributed by atoms with Gasteiger partial charge in [-0.05, 0) is 172 Å². The lowest BCUT2D eigenvalue weighted by molar-refractivity contribution is 0.513. The Labute approximate surface area is 635 Å². The van der Waals surface area contributed by atoms with Crippen LogP contribution in [0.1, 0.15) is 372 Å². The summed E-state index contributed by atoms with van der Waals surface area (Å²) in [4.78, 5) is 12.1. The molecule has 2 N–H and O–H groups in total. The highest BCUT2D eigenvalue weighted by Crippen LogP contribution is 2.39. The second-order valence-electron chi connectivity index (χ2n) is 42.1. The van der Waals surface area contributed by atoms with E-state index >= 15 is 0 Å². The highest BCUT2D eigenvalue weighted by molar-refractivity contribution is 7.18. The molecule has 8 aromatic rings. The normalized spacial score (nSPS) is 13.0. The molecule has 0 amide bonds. The number of pyridine rings is 1. The van der Waals surface area contributed by atoms with E-state index in [1.165, 1.54) is 64.1 Å². The zero-order chi connectivity index (χ0) is 79.7. The van der Waals surface area contributed by atoms with Gasteiger partial charge in [-0.15, -0.1) is 22.7 Å². The average molecular weight is 1430 g/mol. The number of nitrogen functional groups attached to an aromatic ring is 1. The van der Waals surface area contributed by atoms with E-state index in [2.05, 4.69) is 376 Å². The zero-order valence-electron chi connectivity index (χ0n) is 73.1. The van der Waals surface area contributed by atoms with Crippen molar-refractivity contribution in [2.45, 2.75) is 367 Å². The number of nitrogens with zero attached hydrogens (tertiary/aromatic N) is 4. The van der Waals surface area contributed by atoms with Crippen molar-refractivity contribution < 1.29 is 4.39 Å². The summed E-state index contributed by atoms with van der Waals surface area (Å²) in [6.45, 7) is 92.2. The molecule has 4 heterocycles. The van der Waals surface area contributed by atoms with Crippen LogP contribution in [0.2, 0.25) is 0 Å². The van der Waals surface area contributed by atoms with Crippen LogP contribution in [0.3, 0.4) is 0 Å². The predicted octanol–water partition coefficient (Wildman–Crippen LogP) is 28.7. The molecular weight excluding hydrogens is 1280 g/mol. The summed E-state index contributed by atoms with van der Waals surface area (Å²) >= 11 is 3.77. The van der Waals surface area contributed by atoms with E-state index in [-0.39, 0.29) is 65.4 Å². The molecule has 8 rings (SSSR count). The minimum Gasteiger partial charge on any atom is -0.398 e. The minimum atomic E-state index is -0.125. The highest BCUT2D eigenvalue weighted by Gasteiger charge is 2.27. The molecule has 0 radical (unpaired) electrons. The van der Waals surface area contributed by atoms with Gasteiger partial charge in [0.25, 0.3) is 0 Å². The first-order chi connectivity index (χ1) is 45.4. The van der Waals surface area contributed by atoms with Crippen molar-refractivity contribution in [3.8, 4) is 0 Å². The molecule has 0 saturated carbocycles. The Balaban J connectivity index is 0.000000405. The number of hydrogen-bond donors (Lipinski definition) is 1. The lowest BCUT2D eigenvalue weighted by Gasteiger charge is -2.25. The van der Waals surface area contributed by atoms with E-state index in [9.17, 15) is 4.39 Å². The second-order valence-corrected chi connectivity index (χ2v) is 44.2. The van der Waals surface area contributed by atoms with Gasteiger partial charge >= 0.3 is 0 Å². The summed E-state index contributed by atoms with van der Waals surface area (Å²) in [6.07, 6.45) is 2.00. The van der Waals surface area contributed by atoms with Crippen LogP contribution >= 0.6 is 22.7 Å². The molecule has 0 unspecified atom stereocenters. The first kappa shape index (κ1) is 92.5. The molecular formula is C94H148FN5S2. The Morgan fingerprint density at radius 1 is 0.333 bits per heavy atom. The maximum absolute atomic E-state index is 13.9. The van der Waals surface area contributed by atoms with Crippen molar-refractivity contribution in [3.63, 3.8) is 0 Å². The molecule has 0 fully saturated rings. The predicted molar refractivity (Wildman–Crippen MR) is 456 cm³/mol. The summed E-state index contributed by atoms with van der Waals surface area (Å²) in [7, 11) is 0. The van der Waals surface area contributed by atoms with Crippen molar-refractivity contribution in [1.29, 1.82) is 0 Å². The third kappa shape index (κ3) is 30.1. The number of thiophene rings is 1. The van der Waals surface area contributed by atoms with Crippen molar-refractivity contribution in [2.75, 3.05) is 5.73 Å². The quantitative estimate of drug-likeness (QED) is 0.166. The van der Waals surface area contributed by atoms with Gasteiger partial charge in [0.1, 0.15) is 5.82 Å². The van der Waals surface area contributed by atoms with Crippen LogP contribution in [-0.2, 0) is 70.4 Å². The molecule has 4 aromatic carbocycles. The third-order valence-electron chi connectivity index (χ3n) is 17.7. The minimum absolute atomic E-state index is 0.0112. The lowest BCUT2D eigenvalue weighted by Crippen LogP contribution is -2.18.